The largest absolute Gasteiger partial charge is 0.461 e. The van der Waals surface area contributed by atoms with Gasteiger partial charge in [0.2, 0.25) is 5.75 Å². The molecule has 0 spiro atoms. The summed E-state index contributed by atoms with van der Waals surface area (Å²) < 4.78 is 48.7. The van der Waals surface area contributed by atoms with Gasteiger partial charge in [0.05, 0.1) is 21.6 Å². The van der Waals surface area contributed by atoms with E-state index < -0.39 is 56.7 Å². The summed E-state index contributed by atoms with van der Waals surface area (Å²) >= 11 is 6.06. The van der Waals surface area contributed by atoms with E-state index in [0.29, 0.717) is 14.3 Å². The molecule has 0 unspecified atom stereocenters. The summed E-state index contributed by atoms with van der Waals surface area (Å²) in [5.74, 6) is -3.84. The summed E-state index contributed by atoms with van der Waals surface area (Å²) in [5, 5.41) is 12.3. The lowest BCUT2D eigenvalue weighted by Crippen LogP contribution is -2.15. The summed E-state index contributed by atoms with van der Waals surface area (Å²) in [6, 6.07) is 15.7. The van der Waals surface area contributed by atoms with E-state index in [1.807, 2.05) is 51.2 Å². The van der Waals surface area contributed by atoms with Crippen LogP contribution in [0.3, 0.4) is 0 Å². The van der Waals surface area contributed by atoms with E-state index in [0.717, 1.165) is 25.3 Å². The maximum Gasteiger partial charge on any atom is 0.344 e. The van der Waals surface area contributed by atoms with Crippen molar-refractivity contribution in [3.63, 3.8) is 0 Å². The lowest BCUT2D eigenvalue weighted by molar-refractivity contribution is -0.385. The first-order chi connectivity index (χ1) is 20.2. The zero-order chi connectivity index (χ0) is 31.5. The second-order valence-corrected chi connectivity index (χ2v) is 13.6. The summed E-state index contributed by atoms with van der Waals surface area (Å²) in [7, 11) is -4.33. The second-order valence-electron chi connectivity index (χ2n) is 8.55. The van der Waals surface area contributed by atoms with Crippen LogP contribution in [0.4, 0.5) is 5.69 Å². The highest BCUT2D eigenvalue weighted by molar-refractivity contribution is 14.1. The van der Waals surface area contributed by atoms with Gasteiger partial charge in [0.1, 0.15) is 18.1 Å². The lowest BCUT2D eigenvalue weighted by Gasteiger charge is -2.12. The van der Waals surface area contributed by atoms with Gasteiger partial charge in [-0.2, -0.15) is 8.42 Å². The van der Waals surface area contributed by atoms with Crippen molar-refractivity contribution >= 4 is 112 Å². The normalized spacial score (nSPS) is 11.2. The number of hydrogen-bond donors (Lipinski definition) is 1. The lowest BCUT2D eigenvalue weighted by atomic mass is 10.0. The average molecular weight is 943 g/mol. The van der Waals surface area contributed by atoms with Crippen LogP contribution in [-0.4, -0.2) is 48.2 Å². The van der Waals surface area contributed by atoms with Gasteiger partial charge in [-0.3, -0.25) is 14.7 Å². The van der Waals surface area contributed by atoms with Gasteiger partial charge in [0.25, 0.3) is 10.1 Å². The predicted octanol–water partition coefficient (Wildman–Crippen LogP) is 6.04. The number of nitro groups is 1. The van der Waals surface area contributed by atoms with Gasteiger partial charge < -0.3 is 14.2 Å². The molecule has 0 heterocycles. The van der Waals surface area contributed by atoms with Gasteiger partial charge in [-0.15, -0.1) is 0 Å². The van der Waals surface area contributed by atoms with Crippen LogP contribution in [0.2, 0.25) is 0 Å². The zero-order valence-electron chi connectivity index (χ0n) is 21.3. The molecule has 0 aromatic heterocycles. The fourth-order valence-corrected chi connectivity index (χ4v) is 6.42. The van der Waals surface area contributed by atoms with Crippen molar-refractivity contribution in [3.05, 3.63) is 104 Å². The molecule has 16 heteroatoms. The number of benzene rings is 4. The van der Waals surface area contributed by atoms with Gasteiger partial charge in [0, 0.05) is 28.2 Å². The third kappa shape index (κ3) is 8.16. The fraction of sp³-hybridized carbons (Fsp3) is 0.0741. The van der Waals surface area contributed by atoms with E-state index in [-0.39, 0.29) is 22.4 Å². The Morgan fingerprint density at radius 2 is 1.49 bits per heavy atom. The van der Waals surface area contributed by atoms with Crippen molar-refractivity contribution in [2.75, 3.05) is 12.4 Å². The van der Waals surface area contributed by atoms with Crippen LogP contribution in [-0.2, 0) is 14.9 Å². The van der Waals surface area contributed by atoms with Crippen molar-refractivity contribution in [3.8, 4) is 11.5 Å². The van der Waals surface area contributed by atoms with Crippen LogP contribution in [0.25, 0.3) is 10.8 Å². The molecule has 222 valence electrons. The SMILES string of the molecule is O=C(Oc1ccc(C(=O)OCCS(=O)(=O)O)c2ccccc12)c1ccc([N+](=O)[O-])c(OC(=O)c2cc(I)cc(I)c2I)c1. The van der Waals surface area contributed by atoms with Crippen molar-refractivity contribution < 1.29 is 46.5 Å². The molecule has 43 heavy (non-hydrogen) atoms. The highest BCUT2D eigenvalue weighted by Crippen LogP contribution is 2.33. The predicted molar refractivity (Wildman–Crippen MR) is 178 cm³/mol. The number of halogens is 3. The maximum absolute atomic E-state index is 13.1. The van der Waals surface area contributed by atoms with Crippen LogP contribution in [0.1, 0.15) is 31.1 Å². The first kappa shape index (κ1) is 33.0. The van der Waals surface area contributed by atoms with E-state index in [2.05, 4.69) is 22.6 Å². The first-order valence-electron chi connectivity index (χ1n) is 11.8. The van der Waals surface area contributed by atoms with Crippen molar-refractivity contribution in [2.24, 2.45) is 0 Å². The third-order valence-electron chi connectivity index (χ3n) is 5.69. The van der Waals surface area contributed by atoms with Gasteiger partial charge >= 0.3 is 23.6 Å². The zero-order valence-corrected chi connectivity index (χ0v) is 28.6. The summed E-state index contributed by atoms with van der Waals surface area (Å²) in [5.41, 5.74) is -0.446. The van der Waals surface area contributed by atoms with Gasteiger partial charge in [-0.05, 0) is 103 Å². The Morgan fingerprint density at radius 1 is 0.814 bits per heavy atom. The molecule has 0 bridgehead atoms. The Balaban J connectivity index is 1.62. The molecule has 0 amide bonds. The Kier molecular flexibility index (Phi) is 10.6. The molecule has 0 atom stereocenters. The minimum Gasteiger partial charge on any atom is -0.461 e. The highest BCUT2D eigenvalue weighted by atomic mass is 127. The Hall–Kier alpha value is -2.95. The molecule has 4 aromatic carbocycles. The number of carbonyl (C=O) groups is 3. The highest BCUT2D eigenvalue weighted by Gasteiger charge is 2.25. The summed E-state index contributed by atoms with van der Waals surface area (Å²) in [6.45, 7) is -0.572. The average Bonchev–Trinajstić information content (AvgIpc) is 2.94. The monoisotopic (exact) mass is 943 g/mol. The Bertz CT molecular complexity index is 1910. The number of hydrogen-bond acceptors (Lipinski definition) is 10. The fourth-order valence-electron chi connectivity index (χ4n) is 3.75. The number of esters is 3. The molecule has 0 aliphatic carbocycles. The molecule has 4 rings (SSSR count). The van der Waals surface area contributed by atoms with E-state index in [1.54, 1.807) is 30.3 Å². The number of ether oxygens (including phenoxy) is 3. The maximum atomic E-state index is 13.1. The van der Waals surface area contributed by atoms with Crippen molar-refractivity contribution in [2.45, 2.75) is 0 Å². The molecule has 0 radical (unpaired) electrons. The number of carbonyl (C=O) groups excluding carboxylic acids is 3. The van der Waals surface area contributed by atoms with E-state index in [9.17, 15) is 32.9 Å². The van der Waals surface area contributed by atoms with Gasteiger partial charge in [0.15, 0.2) is 0 Å². The summed E-state index contributed by atoms with van der Waals surface area (Å²) in [6.07, 6.45) is 0. The third-order valence-corrected chi connectivity index (χ3v) is 10.0. The first-order valence-corrected chi connectivity index (χ1v) is 16.6. The number of fused-ring (bicyclic) bond motifs is 1. The quantitative estimate of drug-likeness (QED) is 0.0394. The molecule has 0 saturated heterocycles. The van der Waals surface area contributed by atoms with Crippen LogP contribution in [0.5, 0.6) is 11.5 Å². The molecule has 0 aliphatic heterocycles. The number of nitrogens with zero attached hydrogens (tertiary/aromatic N) is 1. The molecular formula is C27H16I3NO11S. The molecular weight excluding hydrogens is 927 g/mol. The smallest absolute Gasteiger partial charge is 0.344 e. The van der Waals surface area contributed by atoms with Crippen LogP contribution >= 0.6 is 67.8 Å². The van der Waals surface area contributed by atoms with E-state index in [1.165, 1.54) is 12.1 Å². The van der Waals surface area contributed by atoms with Crippen LogP contribution < -0.4 is 9.47 Å². The summed E-state index contributed by atoms with van der Waals surface area (Å²) in [4.78, 5) is 49.6. The molecule has 0 aliphatic rings. The minimum absolute atomic E-state index is 0.0370. The molecule has 12 nitrogen and oxygen atoms in total. The van der Waals surface area contributed by atoms with Crippen LogP contribution in [0, 0.1) is 20.8 Å². The number of rotatable bonds is 9. The minimum atomic E-state index is -4.33. The van der Waals surface area contributed by atoms with E-state index >= 15 is 0 Å². The van der Waals surface area contributed by atoms with Crippen molar-refractivity contribution in [1.82, 2.24) is 0 Å². The Morgan fingerprint density at radius 3 is 2.16 bits per heavy atom. The second kappa shape index (κ2) is 13.8. The molecule has 0 fully saturated rings. The van der Waals surface area contributed by atoms with E-state index in [4.69, 9.17) is 18.8 Å². The molecule has 0 saturated carbocycles. The topological polar surface area (TPSA) is 176 Å². The number of nitro benzene ring substituents is 1. The standard InChI is InChI=1S/C27H16I3NO11S/c28-15-12-19(24(30)20(29)13-15)27(34)42-23-11-14(5-7-21(23)31(35)36)25(32)41-22-8-6-18(16-3-1-2-4-17(16)22)26(33)40-9-10-43(37,38)39/h1-8,11-13H,9-10H2,(H,37,38,39). The Labute approximate surface area is 284 Å². The van der Waals surface area contributed by atoms with Gasteiger partial charge in [-0.1, -0.05) is 24.3 Å². The molecule has 4 aromatic rings. The molecule has 1 N–H and O–H groups in total. The van der Waals surface area contributed by atoms with Crippen LogP contribution in [0.15, 0.2) is 66.7 Å². The van der Waals surface area contributed by atoms with Crippen molar-refractivity contribution in [1.29, 1.82) is 0 Å². The van der Waals surface area contributed by atoms with Gasteiger partial charge in [-0.25, -0.2) is 14.4 Å².